The Bertz CT molecular complexity index is 6400. The maximum Gasteiger partial charge on any atom is 0.160 e. The summed E-state index contributed by atoms with van der Waals surface area (Å²) in [5, 5.41) is 16.4. The quantitative estimate of drug-likeness (QED) is 0.166. The lowest BCUT2D eigenvalue weighted by Crippen LogP contribution is -1.99. The number of para-hydroxylation sites is 3. The zero-order chi connectivity index (χ0) is 57.3. The van der Waals surface area contributed by atoms with E-state index in [1.807, 2.05) is 34.0 Å². The molecule has 0 bridgehead atoms. The maximum atomic E-state index is 5.74. The monoisotopic (exact) mass is 1170 g/mol. The van der Waals surface area contributed by atoms with Gasteiger partial charge in [-0.25, -0.2) is 9.97 Å². The molecule has 0 saturated carbocycles. The first kappa shape index (κ1) is 48.5. The van der Waals surface area contributed by atoms with Gasteiger partial charge in [0.1, 0.15) is 0 Å². The molecule has 20 aromatic rings. The average Bonchev–Trinajstić information content (AvgIpc) is 1.99. The summed E-state index contributed by atoms with van der Waals surface area (Å²) in [7, 11) is 0. The van der Waals surface area contributed by atoms with Crippen LogP contribution in [0.4, 0.5) is 0 Å². The van der Waals surface area contributed by atoms with E-state index in [4.69, 9.17) is 9.97 Å². The molecular formula is C80H45N5S3. The maximum absolute atomic E-state index is 5.74. The minimum atomic E-state index is 0.667. The average molecular weight is 1170 g/mol. The Morgan fingerprint density at radius 2 is 0.614 bits per heavy atom. The van der Waals surface area contributed by atoms with Crippen LogP contribution in [0, 0.1) is 0 Å². The van der Waals surface area contributed by atoms with E-state index in [0.29, 0.717) is 5.82 Å². The van der Waals surface area contributed by atoms with Crippen molar-refractivity contribution in [2.75, 3.05) is 0 Å². The molecule has 0 unspecified atom stereocenters. The molecule has 0 saturated heterocycles. The first-order chi connectivity index (χ1) is 43.6. The summed E-state index contributed by atoms with van der Waals surface area (Å²) in [5.41, 5.74) is 16.2. The highest BCUT2D eigenvalue weighted by atomic mass is 32.1. The van der Waals surface area contributed by atoms with Gasteiger partial charge < -0.3 is 13.7 Å². The van der Waals surface area contributed by atoms with Crippen LogP contribution in [0.15, 0.2) is 273 Å². The molecule has 0 aliphatic heterocycles. The second kappa shape index (κ2) is 18.4. The number of hydrogen-bond donors (Lipinski definition) is 0. The lowest BCUT2D eigenvalue weighted by atomic mass is 9.99. The van der Waals surface area contributed by atoms with Crippen LogP contribution >= 0.6 is 34.0 Å². The van der Waals surface area contributed by atoms with Crippen LogP contribution in [-0.2, 0) is 0 Å². The number of benzene rings is 13. The summed E-state index contributed by atoms with van der Waals surface area (Å²) < 4.78 is 15.2. The standard InChI is InChI=1S/C80H45N5S3/c1-7-28-64-59(25-1)73-67(39-35-56-53-22-4-10-31-70(53)86-77(56)73)83(64)50-19-13-16-46(42-50)47-34-38-63-62(45-47)76(48-17-14-20-51(43-48)84-65-29-8-2-26-60(65)74-68(84)40-36-57-54-23-5-11-32-71(54)87-78(57)74)82-80(81-63)49-18-15-21-52(44-49)85-66-30-9-3-27-61(66)75-69(85)41-37-58-55-24-6-12-33-72(55)88-79(58)75/h1-45H. The van der Waals surface area contributed by atoms with E-state index in [0.717, 1.165) is 61.4 Å². The number of fused-ring (bicyclic) bond motifs is 22. The summed E-state index contributed by atoms with van der Waals surface area (Å²) >= 11 is 5.66. The minimum absolute atomic E-state index is 0.667. The number of thiophene rings is 3. The molecule has 0 amide bonds. The number of rotatable bonds is 6. The molecule has 20 rings (SSSR count). The van der Waals surface area contributed by atoms with Gasteiger partial charge in [0.2, 0.25) is 0 Å². The molecule has 13 aromatic carbocycles. The van der Waals surface area contributed by atoms with E-state index in [-0.39, 0.29) is 0 Å². The topological polar surface area (TPSA) is 40.6 Å². The number of hydrogen-bond acceptors (Lipinski definition) is 5. The number of aromatic nitrogens is 5. The fourth-order valence-electron chi connectivity index (χ4n) is 14.6. The van der Waals surface area contributed by atoms with Crippen LogP contribution < -0.4 is 0 Å². The largest absolute Gasteiger partial charge is 0.309 e. The first-order valence-corrected chi connectivity index (χ1v) is 32.2. The highest BCUT2D eigenvalue weighted by Gasteiger charge is 2.23. The highest BCUT2D eigenvalue weighted by Crippen LogP contribution is 2.48. The third kappa shape index (κ3) is 6.90. The predicted octanol–water partition coefficient (Wildman–Crippen LogP) is 23.0. The third-order valence-electron chi connectivity index (χ3n) is 18.4. The van der Waals surface area contributed by atoms with Crippen molar-refractivity contribution in [2.45, 2.75) is 0 Å². The van der Waals surface area contributed by atoms with Gasteiger partial charge in [0.05, 0.1) is 44.3 Å². The zero-order valence-corrected chi connectivity index (χ0v) is 49.4. The molecule has 7 heterocycles. The molecule has 0 aliphatic carbocycles. The van der Waals surface area contributed by atoms with Crippen molar-refractivity contribution >= 4 is 171 Å². The Labute approximate surface area is 514 Å². The van der Waals surface area contributed by atoms with E-state index in [2.05, 4.69) is 287 Å². The Kier molecular flexibility index (Phi) is 10.1. The Hall–Kier alpha value is -10.7. The van der Waals surface area contributed by atoms with Gasteiger partial charge in [0, 0.05) is 126 Å². The van der Waals surface area contributed by atoms with Crippen molar-refractivity contribution in [3.8, 4) is 50.8 Å². The van der Waals surface area contributed by atoms with Crippen molar-refractivity contribution in [3.63, 3.8) is 0 Å². The molecule has 88 heavy (non-hydrogen) atoms. The summed E-state index contributed by atoms with van der Waals surface area (Å²) in [5.74, 6) is 0.667. The molecule has 0 aliphatic rings. The van der Waals surface area contributed by atoms with Gasteiger partial charge in [0.15, 0.2) is 5.82 Å². The molecule has 0 radical (unpaired) electrons. The van der Waals surface area contributed by atoms with Gasteiger partial charge in [-0.15, -0.1) is 34.0 Å². The molecule has 408 valence electrons. The van der Waals surface area contributed by atoms with Crippen molar-refractivity contribution in [2.24, 2.45) is 0 Å². The Balaban J connectivity index is 0.781. The van der Waals surface area contributed by atoms with Crippen LogP contribution in [0.1, 0.15) is 0 Å². The van der Waals surface area contributed by atoms with E-state index in [1.165, 1.54) is 120 Å². The van der Waals surface area contributed by atoms with E-state index >= 15 is 0 Å². The Morgan fingerprint density at radius 3 is 1.08 bits per heavy atom. The third-order valence-corrected chi connectivity index (χ3v) is 22.0. The van der Waals surface area contributed by atoms with Crippen LogP contribution in [0.25, 0.3) is 188 Å². The smallest absolute Gasteiger partial charge is 0.160 e. The van der Waals surface area contributed by atoms with Crippen LogP contribution in [0.2, 0.25) is 0 Å². The lowest BCUT2D eigenvalue weighted by molar-refractivity contribution is 1.17. The van der Waals surface area contributed by atoms with Gasteiger partial charge >= 0.3 is 0 Å². The summed E-state index contributed by atoms with van der Waals surface area (Å²) in [6.07, 6.45) is 0. The zero-order valence-electron chi connectivity index (χ0n) is 46.9. The second-order valence-electron chi connectivity index (χ2n) is 23.1. The van der Waals surface area contributed by atoms with Crippen molar-refractivity contribution in [1.82, 2.24) is 23.7 Å². The van der Waals surface area contributed by atoms with Gasteiger partial charge in [-0.3, -0.25) is 0 Å². The normalized spacial score (nSPS) is 12.3. The summed E-state index contributed by atoms with van der Waals surface area (Å²) in [4.78, 5) is 11.3. The molecular weight excluding hydrogens is 1130 g/mol. The summed E-state index contributed by atoms with van der Waals surface area (Å²) in [6.45, 7) is 0. The molecule has 8 heteroatoms. The van der Waals surface area contributed by atoms with Crippen LogP contribution in [0.3, 0.4) is 0 Å². The SMILES string of the molecule is c1cc(-c2ccc3nc(-c4cccc(-n5c6ccccc6c6c7sc8ccccc8c7ccc65)c4)nc(-c4cccc(-n5c6ccccc6c6c7sc8ccccc8c7ccc65)c4)c3c2)cc(-n2c3ccccc3c3c4sc5ccccc5c4ccc32)c1. The predicted molar refractivity (Wildman–Crippen MR) is 378 cm³/mol. The van der Waals surface area contributed by atoms with Gasteiger partial charge in [-0.1, -0.05) is 170 Å². The fraction of sp³-hybridized carbons (Fsp3) is 0. The van der Waals surface area contributed by atoms with Crippen LogP contribution in [-0.4, -0.2) is 23.7 Å². The van der Waals surface area contributed by atoms with Crippen LogP contribution in [0.5, 0.6) is 0 Å². The van der Waals surface area contributed by atoms with E-state index in [9.17, 15) is 0 Å². The molecule has 0 atom stereocenters. The molecule has 7 aromatic heterocycles. The van der Waals surface area contributed by atoms with E-state index in [1.54, 1.807) is 0 Å². The van der Waals surface area contributed by atoms with Crippen molar-refractivity contribution in [3.05, 3.63) is 273 Å². The second-order valence-corrected chi connectivity index (χ2v) is 26.3. The van der Waals surface area contributed by atoms with E-state index < -0.39 is 0 Å². The fourth-order valence-corrected chi connectivity index (χ4v) is 18.4. The van der Waals surface area contributed by atoms with Gasteiger partial charge in [-0.05, 0) is 114 Å². The Morgan fingerprint density at radius 1 is 0.239 bits per heavy atom. The minimum Gasteiger partial charge on any atom is -0.309 e. The van der Waals surface area contributed by atoms with Crippen molar-refractivity contribution < 1.29 is 0 Å². The molecule has 0 N–H and O–H groups in total. The first-order valence-electron chi connectivity index (χ1n) is 29.8. The van der Waals surface area contributed by atoms with Gasteiger partial charge in [0.25, 0.3) is 0 Å². The van der Waals surface area contributed by atoms with Crippen molar-refractivity contribution in [1.29, 1.82) is 0 Å². The number of nitrogens with zero attached hydrogens (tertiary/aromatic N) is 5. The summed E-state index contributed by atoms with van der Waals surface area (Å²) in [6, 6.07) is 100. The molecule has 0 spiro atoms. The highest BCUT2D eigenvalue weighted by molar-refractivity contribution is 7.27. The molecule has 5 nitrogen and oxygen atoms in total. The van der Waals surface area contributed by atoms with Gasteiger partial charge in [-0.2, -0.15) is 0 Å². The molecule has 0 fully saturated rings. The lowest BCUT2D eigenvalue weighted by Gasteiger charge is -2.15.